The fourth-order valence-corrected chi connectivity index (χ4v) is 1.86. The molecule has 2 aromatic rings. The van der Waals surface area contributed by atoms with E-state index in [1.165, 1.54) is 6.33 Å². The van der Waals surface area contributed by atoms with Crippen molar-refractivity contribution in [2.45, 2.75) is 13.3 Å². The maximum Gasteiger partial charge on any atom is 0.140 e. The number of hydrogen-bond donors (Lipinski definition) is 0. The van der Waals surface area contributed by atoms with Gasteiger partial charge in [-0.3, -0.25) is 0 Å². The summed E-state index contributed by atoms with van der Waals surface area (Å²) in [6, 6.07) is 3.82. The molecule has 0 saturated heterocycles. The van der Waals surface area contributed by atoms with Crippen LogP contribution in [-0.2, 0) is 0 Å². The standard InChI is InChI=1S/C12H12Cl2N2O/c1-8-5-9-10(15-7-16-12(9)14)6-11(8)17-4-2-3-13/h5-7H,2-4H2,1H3. The second kappa shape index (κ2) is 5.52. The first-order chi connectivity index (χ1) is 8.22. The molecule has 0 N–H and O–H groups in total. The van der Waals surface area contributed by atoms with Crippen LogP contribution in [0.3, 0.4) is 0 Å². The molecule has 1 heterocycles. The number of aromatic nitrogens is 2. The third-order valence-corrected chi connectivity index (χ3v) is 2.99. The smallest absolute Gasteiger partial charge is 0.140 e. The molecule has 90 valence electrons. The average molecular weight is 271 g/mol. The minimum absolute atomic E-state index is 0.463. The van der Waals surface area contributed by atoms with Crippen molar-refractivity contribution in [1.29, 1.82) is 0 Å². The molecule has 0 spiro atoms. The molecule has 3 nitrogen and oxygen atoms in total. The third kappa shape index (κ3) is 2.79. The summed E-state index contributed by atoms with van der Waals surface area (Å²) in [6.45, 7) is 2.58. The van der Waals surface area contributed by atoms with Crippen LogP contribution in [0.25, 0.3) is 10.9 Å². The zero-order valence-corrected chi connectivity index (χ0v) is 10.9. The van der Waals surface area contributed by atoms with E-state index in [0.717, 1.165) is 28.6 Å². The number of hydrogen-bond acceptors (Lipinski definition) is 3. The van der Waals surface area contributed by atoms with Crippen molar-refractivity contribution in [2.75, 3.05) is 12.5 Å². The lowest BCUT2D eigenvalue weighted by Crippen LogP contribution is -1.99. The van der Waals surface area contributed by atoms with Crippen molar-refractivity contribution >= 4 is 34.1 Å². The van der Waals surface area contributed by atoms with Crippen LogP contribution in [0.15, 0.2) is 18.5 Å². The molecule has 0 fully saturated rings. The quantitative estimate of drug-likeness (QED) is 0.484. The third-order valence-electron chi connectivity index (χ3n) is 2.42. The van der Waals surface area contributed by atoms with Crippen molar-refractivity contribution in [1.82, 2.24) is 9.97 Å². The Labute approximate surface area is 110 Å². The van der Waals surface area contributed by atoms with Crippen LogP contribution >= 0.6 is 23.2 Å². The Kier molecular flexibility index (Phi) is 4.02. The Hall–Kier alpha value is -1.06. The molecule has 0 amide bonds. The van der Waals surface area contributed by atoms with Crippen molar-refractivity contribution in [3.05, 3.63) is 29.2 Å². The fraction of sp³-hybridized carbons (Fsp3) is 0.333. The Morgan fingerprint density at radius 1 is 1.29 bits per heavy atom. The summed E-state index contributed by atoms with van der Waals surface area (Å²) in [4.78, 5) is 8.12. The van der Waals surface area contributed by atoms with Gasteiger partial charge in [0.1, 0.15) is 17.2 Å². The highest BCUT2D eigenvalue weighted by molar-refractivity contribution is 6.34. The van der Waals surface area contributed by atoms with Crippen LogP contribution in [0, 0.1) is 6.92 Å². The maximum atomic E-state index is 6.00. The summed E-state index contributed by atoms with van der Waals surface area (Å²) in [5.41, 5.74) is 1.81. The number of nitrogens with zero attached hydrogens (tertiary/aromatic N) is 2. The number of rotatable bonds is 4. The molecular formula is C12H12Cl2N2O. The number of fused-ring (bicyclic) bond motifs is 1. The van der Waals surface area contributed by atoms with Crippen molar-refractivity contribution < 1.29 is 4.74 Å². The summed E-state index contributed by atoms with van der Waals surface area (Å²) in [6.07, 6.45) is 2.27. The monoisotopic (exact) mass is 270 g/mol. The van der Waals surface area contributed by atoms with Crippen molar-refractivity contribution in [3.63, 3.8) is 0 Å². The number of alkyl halides is 1. The van der Waals surface area contributed by atoms with Gasteiger partial charge in [0.05, 0.1) is 12.1 Å². The van der Waals surface area contributed by atoms with Crippen LogP contribution in [0.1, 0.15) is 12.0 Å². The molecule has 0 unspecified atom stereocenters. The van der Waals surface area contributed by atoms with E-state index in [4.69, 9.17) is 27.9 Å². The highest BCUT2D eigenvalue weighted by Gasteiger charge is 2.06. The molecule has 5 heteroatoms. The SMILES string of the molecule is Cc1cc2c(Cl)ncnc2cc1OCCCCl. The van der Waals surface area contributed by atoms with Crippen LogP contribution < -0.4 is 4.74 Å². The van der Waals surface area contributed by atoms with E-state index in [2.05, 4.69) is 9.97 Å². The summed E-state index contributed by atoms with van der Waals surface area (Å²) in [5.74, 6) is 1.41. The molecular weight excluding hydrogens is 259 g/mol. The van der Waals surface area contributed by atoms with Gasteiger partial charge in [0.25, 0.3) is 0 Å². The normalized spacial score (nSPS) is 10.8. The van der Waals surface area contributed by atoms with Crippen molar-refractivity contribution in [2.24, 2.45) is 0 Å². The van der Waals surface area contributed by atoms with Crippen LogP contribution in [-0.4, -0.2) is 22.5 Å². The lowest BCUT2D eigenvalue weighted by atomic mass is 10.1. The molecule has 1 aromatic heterocycles. The van der Waals surface area contributed by atoms with E-state index in [-0.39, 0.29) is 0 Å². The topological polar surface area (TPSA) is 35.0 Å². The Balaban J connectivity index is 2.35. The van der Waals surface area contributed by atoms with E-state index in [9.17, 15) is 0 Å². The maximum absolute atomic E-state index is 6.00. The predicted molar refractivity (Wildman–Crippen MR) is 70.1 cm³/mol. The first-order valence-corrected chi connectivity index (χ1v) is 6.23. The zero-order valence-electron chi connectivity index (χ0n) is 9.41. The minimum Gasteiger partial charge on any atom is -0.493 e. The number of benzene rings is 1. The Morgan fingerprint density at radius 3 is 2.88 bits per heavy atom. The molecule has 0 radical (unpaired) electrons. The molecule has 1 aromatic carbocycles. The average Bonchev–Trinajstić information content (AvgIpc) is 2.31. The number of ether oxygens (including phenoxy) is 1. The summed E-state index contributed by atoms with van der Waals surface area (Å²) in [7, 11) is 0. The van der Waals surface area contributed by atoms with Gasteiger partial charge in [0.15, 0.2) is 0 Å². The van der Waals surface area contributed by atoms with E-state index < -0.39 is 0 Å². The Morgan fingerprint density at radius 2 is 2.12 bits per heavy atom. The van der Waals surface area contributed by atoms with Crippen LogP contribution in [0.5, 0.6) is 5.75 Å². The molecule has 0 saturated carbocycles. The summed E-state index contributed by atoms with van der Waals surface area (Å²) >= 11 is 11.6. The van der Waals surface area contributed by atoms with Gasteiger partial charge in [0.2, 0.25) is 0 Å². The summed E-state index contributed by atoms with van der Waals surface area (Å²) < 4.78 is 5.64. The predicted octanol–water partition coefficient (Wildman–Crippen LogP) is 3.60. The number of halogens is 2. The largest absolute Gasteiger partial charge is 0.493 e. The van der Waals surface area contributed by atoms with Gasteiger partial charge < -0.3 is 4.74 Å². The van der Waals surface area contributed by atoms with Gasteiger partial charge in [-0.05, 0) is 25.0 Å². The molecule has 0 aliphatic heterocycles. The Bertz CT molecular complexity index is 531. The van der Waals surface area contributed by atoms with Gasteiger partial charge in [0, 0.05) is 17.3 Å². The first kappa shape index (κ1) is 12.4. The van der Waals surface area contributed by atoms with Gasteiger partial charge in [-0.25, -0.2) is 9.97 Å². The molecule has 17 heavy (non-hydrogen) atoms. The molecule has 0 atom stereocenters. The van der Waals surface area contributed by atoms with Gasteiger partial charge in [-0.2, -0.15) is 0 Å². The van der Waals surface area contributed by atoms with E-state index in [0.29, 0.717) is 17.6 Å². The highest BCUT2D eigenvalue weighted by atomic mass is 35.5. The highest BCUT2D eigenvalue weighted by Crippen LogP contribution is 2.27. The zero-order chi connectivity index (χ0) is 12.3. The van der Waals surface area contributed by atoms with Crippen molar-refractivity contribution in [3.8, 4) is 5.75 Å². The van der Waals surface area contributed by atoms with Crippen LogP contribution in [0.2, 0.25) is 5.15 Å². The lowest BCUT2D eigenvalue weighted by Gasteiger charge is -2.09. The molecule has 0 aliphatic carbocycles. The van der Waals surface area contributed by atoms with Gasteiger partial charge >= 0.3 is 0 Å². The van der Waals surface area contributed by atoms with E-state index in [1.807, 2.05) is 19.1 Å². The van der Waals surface area contributed by atoms with E-state index >= 15 is 0 Å². The van der Waals surface area contributed by atoms with Crippen LogP contribution in [0.4, 0.5) is 0 Å². The first-order valence-electron chi connectivity index (χ1n) is 5.32. The van der Waals surface area contributed by atoms with Gasteiger partial charge in [-0.1, -0.05) is 11.6 Å². The second-order valence-electron chi connectivity index (χ2n) is 3.69. The van der Waals surface area contributed by atoms with Gasteiger partial charge in [-0.15, -0.1) is 11.6 Å². The minimum atomic E-state index is 0.463. The number of aryl methyl sites for hydroxylation is 1. The summed E-state index contributed by atoms with van der Waals surface area (Å²) in [5, 5.41) is 1.31. The van der Waals surface area contributed by atoms with E-state index in [1.54, 1.807) is 0 Å². The fourth-order valence-electron chi connectivity index (χ4n) is 1.55. The molecule has 0 bridgehead atoms. The molecule has 0 aliphatic rings. The molecule has 2 rings (SSSR count). The lowest BCUT2D eigenvalue weighted by molar-refractivity contribution is 0.316. The second-order valence-corrected chi connectivity index (χ2v) is 4.43.